The normalized spacial score (nSPS) is 13.9. The molecule has 0 rings (SSSR count). The molecular weight excluding hydrogens is 162 g/mol. The van der Waals surface area contributed by atoms with Crippen molar-refractivity contribution in [2.75, 3.05) is 0 Å². The Hall–Kier alpha value is 0.0300. The smallest absolute Gasteiger partial charge is 0.311 e. The quantitative estimate of drug-likeness (QED) is 0.398. The summed E-state index contributed by atoms with van der Waals surface area (Å²) in [6.45, 7) is -5.54. The molecule has 0 aliphatic carbocycles. The molecule has 0 aromatic heterocycles. The van der Waals surface area contributed by atoms with Gasteiger partial charge in [0.05, 0.1) is 0 Å². The SMILES string of the molecule is O=P(O)(O)S(=O)(=O)F. The standard InChI is InChI=1S/FH2O5PS/c1-8(5,6)7(2,3)4/h(H2,2,3,4). The van der Waals surface area contributed by atoms with Crippen LogP contribution in [0.1, 0.15) is 0 Å². The van der Waals surface area contributed by atoms with E-state index in [9.17, 15) is 16.9 Å². The lowest BCUT2D eigenvalue weighted by molar-refractivity contribution is 0.386. The molecule has 0 radical (unpaired) electrons. The lowest BCUT2D eigenvalue weighted by Gasteiger charge is -1.91. The van der Waals surface area contributed by atoms with Crippen LogP contribution in [0.15, 0.2) is 0 Å². The monoisotopic (exact) mass is 164 g/mol. The van der Waals surface area contributed by atoms with E-state index in [2.05, 4.69) is 0 Å². The van der Waals surface area contributed by atoms with Gasteiger partial charge in [-0.05, 0) is 0 Å². The fraction of sp³-hybridized carbons (Fsp3) is 0. The minimum absolute atomic E-state index is 5.54. The van der Waals surface area contributed by atoms with Crippen molar-refractivity contribution in [2.45, 2.75) is 0 Å². The van der Waals surface area contributed by atoms with Crippen LogP contribution in [0.4, 0.5) is 3.89 Å². The van der Waals surface area contributed by atoms with Crippen molar-refractivity contribution < 1.29 is 26.7 Å². The Balaban J connectivity index is 4.84. The molecule has 0 unspecified atom stereocenters. The van der Waals surface area contributed by atoms with Crippen molar-refractivity contribution >= 4 is 16.6 Å². The van der Waals surface area contributed by atoms with Gasteiger partial charge in [-0.3, -0.25) is 0 Å². The average molecular weight is 164 g/mol. The Kier molecular flexibility index (Phi) is 1.77. The minimum Gasteiger partial charge on any atom is -0.311 e. The topological polar surface area (TPSA) is 91.7 Å². The summed E-state index contributed by atoms with van der Waals surface area (Å²) in [7, 11) is -5.67. The van der Waals surface area contributed by atoms with E-state index in [1.54, 1.807) is 0 Å². The highest BCUT2D eigenvalue weighted by atomic mass is 32.8. The summed E-state index contributed by atoms with van der Waals surface area (Å²) >= 11 is 0. The van der Waals surface area contributed by atoms with E-state index in [0.29, 0.717) is 0 Å². The third kappa shape index (κ3) is 1.87. The van der Waals surface area contributed by atoms with E-state index in [1.165, 1.54) is 0 Å². The van der Waals surface area contributed by atoms with Crippen molar-refractivity contribution in [1.29, 1.82) is 0 Å². The van der Waals surface area contributed by atoms with Gasteiger partial charge < -0.3 is 9.79 Å². The summed E-state index contributed by atoms with van der Waals surface area (Å²) in [6, 6.07) is 0. The van der Waals surface area contributed by atoms with Gasteiger partial charge in [0.15, 0.2) is 0 Å². The largest absolute Gasteiger partial charge is 0.471 e. The third-order valence-electron chi connectivity index (χ3n) is 0.284. The van der Waals surface area contributed by atoms with Gasteiger partial charge in [-0.1, -0.05) is 3.89 Å². The maximum Gasteiger partial charge on any atom is 0.471 e. The van der Waals surface area contributed by atoms with Gasteiger partial charge in [0.2, 0.25) is 0 Å². The molecule has 0 aromatic rings. The van der Waals surface area contributed by atoms with Crippen LogP contribution in [-0.2, 0) is 14.4 Å². The molecule has 0 aromatic carbocycles. The molecule has 0 aliphatic heterocycles. The Morgan fingerprint density at radius 1 is 1.38 bits per heavy atom. The van der Waals surface area contributed by atoms with E-state index in [-0.39, 0.29) is 0 Å². The fourth-order valence-corrected chi connectivity index (χ4v) is 0. The zero-order chi connectivity index (χ0) is 7.00. The van der Waals surface area contributed by atoms with Crippen LogP contribution < -0.4 is 0 Å². The molecule has 0 heterocycles. The Morgan fingerprint density at radius 2 is 1.50 bits per heavy atom. The first-order chi connectivity index (χ1) is 3.25. The maximum absolute atomic E-state index is 11.1. The minimum atomic E-state index is -5.67. The molecule has 0 atom stereocenters. The first-order valence-electron chi connectivity index (χ1n) is 1.25. The van der Waals surface area contributed by atoms with Crippen LogP contribution in [0.25, 0.3) is 0 Å². The van der Waals surface area contributed by atoms with Crippen LogP contribution in [0.2, 0.25) is 0 Å². The van der Waals surface area contributed by atoms with Gasteiger partial charge in [0.1, 0.15) is 0 Å². The van der Waals surface area contributed by atoms with Crippen molar-refractivity contribution in [1.82, 2.24) is 0 Å². The molecule has 0 saturated carbocycles. The van der Waals surface area contributed by atoms with E-state index in [0.717, 1.165) is 0 Å². The zero-order valence-electron chi connectivity index (χ0n) is 3.35. The van der Waals surface area contributed by atoms with Gasteiger partial charge >= 0.3 is 16.6 Å². The Labute approximate surface area is 44.3 Å². The van der Waals surface area contributed by atoms with Gasteiger partial charge in [-0.25, -0.2) is 4.57 Å². The number of rotatable bonds is 1. The molecule has 0 aliphatic rings. The summed E-state index contributed by atoms with van der Waals surface area (Å²) < 4.78 is 38.9. The molecule has 5 nitrogen and oxygen atoms in total. The number of hydrogen-bond donors (Lipinski definition) is 2. The van der Waals surface area contributed by atoms with Gasteiger partial charge in [-0.2, -0.15) is 8.42 Å². The second kappa shape index (κ2) is 1.77. The summed E-state index contributed by atoms with van der Waals surface area (Å²) in [4.78, 5) is 15.0. The predicted molar refractivity (Wildman–Crippen MR) is 22.1 cm³/mol. The highest BCUT2D eigenvalue weighted by Gasteiger charge is 2.33. The molecule has 0 bridgehead atoms. The lowest BCUT2D eigenvalue weighted by Crippen LogP contribution is -1.89. The molecular formula is H2FO5PS. The van der Waals surface area contributed by atoms with E-state index >= 15 is 0 Å². The van der Waals surface area contributed by atoms with E-state index in [4.69, 9.17) is 9.79 Å². The molecule has 0 fully saturated rings. The van der Waals surface area contributed by atoms with Crippen LogP contribution in [-0.4, -0.2) is 18.2 Å². The van der Waals surface area contributed by atoms with Crippen molar-refractivity contribution in [3.8, 4) is 0 Å². The molecule has 0 saturated heterocycles. The molecule has 0 amide bonds. The highest BCUT2D eigenvalue weighted by molar-refractivity contribution is 8.46. The Morgan fingerprint density at radius 3 is 1.50 bits per heavy atom. The van der Waals surface area contributed by atoms with E-state index < -0.39 is 16.6 Å². The second-order valence-corrected chi connectivity index (χ2v) is 5.44. The average Bonchev–Trinajstić information content (AvgIpc) is 1.25. The highest BCUT2D eigenvalue weighted by Crippen LogP contribution is 2.43. The summed E-state index contributed by atoms with van der Waals surface area (Å²) in [5.41, 5.74) is 0. The zero-order valence-corrected chi connectivity index (χ0v) is 5.06. The van der Waals surface area contributed by atoms with Crippen molar-refractivity contribution in [3.63, 3.8) is 0 Å². The molecule has 8 heteroatoms. The van der Waals surface area contributed by atoms with Crippen molar-refractivity contribution in [3.05, 3.63) is 0 Å². The first-order valence-corrected chi connectivity index (χ1v) is 4.85. The van der Waals surface area contributed by atoms with Crippen LogP contribution >= 0.6 is 6.80 Å². The maximum atomic E-state index is 11.1. The van der Waals surface area contributed by atoms with Gasteiger partial charge in [0, 0.05) is 0 Å². The number of halogens is 1. The Bertz CT molecular complexity index is 207. The predicted octanol–water partition coefficient (Wildman–Crippen LogP) is -0.622. The third-order valence-corrected chi connectivity index (χ3v) is 2.56. The summed E-state index contributed by atoms with van der Waals surface area (Å²) in [5, 5.41) is 0. The number of hydrogen-bond acceptors (Lipinski definition) is 3. The van der Waals surface area contributed by atoms with Crippen LogP contribution in [0.3, 0.4) is 0 Å². The summed E-state index contributed by atoms with van der Waals surface area (Å²) in [5.74, 6) is 0. The van der Waals surface area contributed by atoms with Gasteiger partial charge in [0.25, 0.3) is 0 Å². The molecule has 8 heavy (non-hydrogen) atoms. The molecule has 2 N–H and O–H groups in total. The fourth-order valence-electron chi connectivity index (χ4n) is 0. The first kappa shape index (κ1) is 8.03. The molecule has 0 spiro atoms. The molecule has 50 valence electrons. The lowest BCUT2D eigenvalue weighted by atomic mass is 15.8. The van der Waals surface area contributed by atoms with Crippen molar-refractivity contribution in [2.24, 2.45) is 0 Å². The van der Waals surface area contributed by atoms with Gasteiger partial charge in [-0.15, -0.1) is 0 Å². The second-order valence-electron chi connectivity index (χ2n) is 0.903. The van der Waals surface area contributed by atoms with Crippen LogP contribution in [0, 0.1) is 0 Å². The van der Waals surface area contributed by atoms with Crippen LogP contribution in [0.5, 0.6) is 0 Å². The summed E-state index contributed by atoms with van der Waals surface area (Å²) in [6.07, 6.45) is 0. The van der Waals surface area contributed by atoms with E-state index in [1.807, 2.05) is 0 Å².